The second kappa shape index (κ2) is 11.2. The second-order valence-corrected chi connectivity index (χ2v) is 10.2. The van der Waals surface area contributed by atoms with Gasteiger partial charge in [0.15, 0.2) is 0 Å². The number of rotatable bonds is 1. The number of cyclic esters (lactones) is 1. The predicted octanol–water partition coefficient (Wildman–Crippen LogP) is 2.42. The van der Waals surface area contributed by atoms with Crippen LogP contribution in [0.2, 0.25) is 0 Å². The van der Waals surface area contributed by atoms with E-state index in [-0.39, 0.29) is 18.4 Å². The molecule has 0 aromatic rings. The minimum Gasteiger partial charge on any atom is -0.454 e. The van der Waals surface area contributed by atoms with E-state index in [0.717, 1.165) is 11.9 Å². The van der Waals surface area contributed by atoms with Gasteiger partial charge in [-0.15, -0.1) is 0 Å². The van der Waals surface area contributed by atoms with E-state index in [0.29, 0.717) is 30.6 Å². The molecule has 1 spiro atoms. The molecule has 1 amide bonds. The lowest BCUT2D eigenvalue weighted by atomic mass is 9.71. The first-order valence-corrected chi connectivity index (χ1v) is 12.6. The zero-order chi connectivity index (χ0) is 26.7. The topological polar surface area (TPSA) is 121 Å². The zero-order valence-corrected chi connectivity index (χ0v) is 21.5. The van der Waals surface area contributed by atoms with Crippen LogP contribution in [0.3, 0.4) is 0 Å². The van der Waals surface area contributed by atoms with Gasteiger partial charge in [-0.3, -0.25) is 9.69 Å². The molecule has 0 saturated carbocycles. The number of hydrogen-bond acceptors (Lipinski definition) is 8. The maximum absolute atomic E-state index is 13.5. The smallest absolute Gasteiger partial charge is 0.336 e. The molecule has 37 heavy (non-hydrogen) atoms. The van der Waals surface area contributed by atoms with Crippen LogP contribution in [0.25, 0.3) is 0 Å². The molecule has 198 valence electrons. The van der Waals surface area contributed by atoms with Gasteiger partial charge in [-0.05, 0) is 36.8 Å². The van der Waals surface area contributed by atoms with Crippen LogP contribution < -0.4 is 0 Å². The summed E-state index contributed by atoms with van der Waals surface area (Å²) in [5.74, 6) is -1.16. The van der Waals surface area contributed by atoms with Gasteiger partial charge >= 0.3 is 5.97 Å². The lowest BCUT2D eigenvalue weighted by molar-refractivity contribution is -0.183. The summed E-state index contributed by atoms with van der Waals surface area (Å²) < 4.78 is 11.9. The van der Waals surface area contributed by atoms with Crippen molar-refractivity contribution in [2.24, 2.45) is 15.9 Å². The highest BCUT2D eigenvalue weighted by atomic mass is 16.5. The number of nitrogens with zero attached hydrogens (tertiary/aromatic N) is 3. The first kappa shape index (κ1) is 27.1. The summed E-state index contributed by atoms with van der Waals surface area (Å²) in [6.07, 6.45) is 11.2. The first-order valence-electron chi connectivity index (χ1n) is 12.6. The molecule has 3 heterocycles. The zero-order valence-electron chi connectivity index (χ0n) is 21.5. The van der Waals surface area contributed by atoms with Crippen molar-refractivity contribution >= 4 is 24.4 Å². The van der Waals surface area contributed by atoms with E-state index in [2.05, 4.69) is 16.6 Å². The molecule has 4 unspecified atom stereocenters. The van der Waals surface area contributed by atoms with Crippen molar-refractivity contribution in [1.29, 1.82) is 0 Å². The Kier molecular flexibility index (Phi) is 8.18. The third-order valence-corrected chi connectivity index (χ3v) is 7.31. The van der Waals surface area contributed by atoms with Crippen LogP contribution in [0.5, 0.6) is 0 Å². The van der Waals surface area contributed by atoms with Crippen LogP contribution in [0.15, 0.2) is 69.7 Å². The Bertz CT molecular complexity index is 1120. The van der Waals surface area contributed by atoms with Crippen molar-refractivity contribution in [2.45, 2.75) is 76.2 Å². The summed E-state index contributed by atoms with van der Waals surface area (Å²) in [5.41, 5.74) is 0.745. The van der Waals surface area contributed by atoms with Crippen molar-refractivity contribution in [1.82, 2.24) is 4.90 Å². The van der Waals surface area contributed by atoms with E-state index in [1.165, 1.54) is 12.2 Å². The van der Waals surface area contributed by atoms with Crippen LogP contribution in [-0.4, -0.2) is 82.3 Å². The highest BCUT2D eigenvalue weighted by Crippen LogP contribution is 2.54. The Balaban J connectivity index is 1.66. The third-order valence-electron chi connectivity index (χ3n) is 7.31. The molecule has 9 heteroatoms. The quantitative estimate of drug-likeness (QED) is 0.521. The molecule has 6 atom stereocenters. The van der Waals surface area contributed by atoms with E-state index < -0.39 is 42.0 Å². The molecule has 2 N–H and O–H groups in total. The van der Waals surface area contributed by atoms with Crippen molar-refractivity contribution in [3.63, 3.8) is 0 Å². The summed E-state index contributed by atoms with van der Waals surface area (Å²) in [6, 6.07) is -0.250. The monoisotopic (exact) mass is 509 g/mol. The molecule has 9 nitrogen and oxygen atoms in total. The number of hydrogen-bond donors (Lipinski definition) is 2. The maximum Gasteiger partial charge on any atom is 0.336 e. The number of esters is 1. The molecule has 4 aliphatic rings. The summed E-state index contributed by atoms with van der Waals surface area (Å²) in [4.78, 5) is 35.4. The average Bonchev–Trinajstić information content (AvgIpc) is 3.47. The van der Waals surface area contributed by atoms with Crippen molar-refractivity contribution in [3.05, 3.63) is 59.8 Å². The number of aliphatic hydroxyl groups excluding tert-OH is 2. The number of carbonyl (C=O) groups excluding carboxylic acids is 2. The van der Waals surface area contributed by atoms with Gasteiger partial charge in [-0.2, -0.15) is 4.99 Å². The Hall–Kier alpha value is -2.98. The molecule has 0 radical (unpaired) electrons. The van der Waals surface area contributed by atoms with Gasteiger partial charge in [0.2, 0.25) is 0 Å². The molecule has 0 aromatic heterocycles. The summed E-state index contributed by atoms with van der Waals surface area (Å²) in [5, 5.41) is 21.8. The molecule has 1 aliphatic carbocycles. The minimum absolute atomic E-state index is 0.109. The Labute approximate surface area is 217 Å². The first-order chi connectivity index (χ1) is 17.6. The Morgan fingerprint density at radius 3 is 2.78 bits per heavy atom. The highest BCUT2D eigenvalue weighted by Gasteiger charge is 2.68. The van der Waals surface area contributed by atoms with Gasteiger partial charge in [-0.1, -0.05) is 50.8 Å². The van der Waals surface area contributed by atoms with Gasteiger partial charge in [0.05, 0.1) is 36.0 Å². The normalized spacial score (nSPS) is 38.5. The minimum atomic E-state index is -0.915. The van der Waals surface area contributed by atoms with E-state index in [9.17, 15) is 19.8 Å². The molecular weight excluding hydrogens is 474 g/mol. The van der Waals surface area contributed by atoms with Gasteiger partial charge in [0, 0.05) is 18.7 Å². The number of carbonyl (C=O) groups is 2. The molecule has 3 aliphatic heterocycles. The third kappa shape index (κ3) is 5.36. The fourth-order valence-corrected chi connectivity index (χ4v) is 5.57. The molecule has 0 aromatic carbocycles. The van der Waals surface area contributed by atoms with E-state index >= 15 is 0 Å². The SMILES string of the molecule is C=C1/C=C/C(=O)N=CN=C/C(C)=C/C=C\[C@@H](O)CC2OCC3C(O)C4(CCC=C4C(=O)O[C@H]1C(C)C)N23. The largest absolute Gasteiger partial charge is 0.454 e. The number of aliphatic imine (C=N–C) groups is 2. The molecule has 2 fully saturated rings. The standard InChI is InChI=1S/C28H35N3O6/c1-17(2)25-19(4)10-11-23(33)30-16-29-14-18(3)7-5-8-20(32)13-24-31-22(15-36-24)26(34)28(31)12-6-9-21(28)27(35)37-25/h5,7-11,14,16-17,20,22,24-26,32,34H,4,6,12-13,15H2,1-3H3/b8-5-,11-10+,18-7+,29-14?,30-16?/t20-,22?,24?,25+,26?,28?/m1/s1. The van der Waals surface area contributed by atoms with E-state index in [4.69, 9.17) is 9.47 Å². The number of aliphatic hydroxyl groups is 2. The molecular formula is C28H35N3O6. The lowest BCUT2D eigenvalue weighted by Crippen LogP contribution is -2.77. The van der Waals surface area contributed by atoms with Crippen LogP contribution in [0.4, 0.5) is 0 Å². The summed E-state index contributed by atoms with van der Waals surface area (Å²) in [7, 11) is 0. The predicted molar refractivity (Wildman–Crippen MR) is 140 cm³/mol. The number of allylic oxidation sites excluding steroid dienone is 4. The fourth-order valence-electron chi connectivity index (χ4n) is 5.57. The molecule has 4 rings (SSSR count). The van der Waals surface area contributed by atoms with E-state index in [1.54, 1.807) is 24.4 Å². The van der Waals surface area contributed by atoms with Crippen LogP contribution in [-0.2, 0) is 19.1 Å². The highest BCUT2D eigenvalue weighted by molar-refractivity contribution is 5.96. The summed E-state index contributed by atoms with van der Waals surface area (Å²) in [6.45, 7) is 9.97. The maximum atomic E-state index is 13.5. The number of ether oxygens (including phenoxy) is 2. The van der Waals surface area contributed by atoms with Gasteiger partial charge in [-0.25, -0.2) is 9.79 Å². The molecule has 0 bridgehead atoms. The van der Waals surface area contributed by atoms with Crippen LogP contribution in [0.1, 0.15) is 40.0 Å². The van der Waals surface area contributed by atoms with Crippen LogP contribution in [0, 0.1) is 5.92 Å². The lowest BCUT2D eigenvalue weighted by Gasteiger charge is -2.59. The van der Waals surface area contributed by atoms with Crippen molar-refractivity contribution < 1.29 is 29.3 Å². The Morgan fingerprint density at radius 2 is 2.03 bits per heavy atom. The molecule has 2 saturated heterocycles. The summed E-state index contributed by atoms with van der Waals surface area (Å²) >= 11 is 0. The van der Waals surface area contributed by atoms with Crippen LogP contribution >= 0.6 is 0 Å². The fraction of sp³-hybridized carbons (Fsp3) is 0.500. The Morgan fingerprint density at radius 1 is 1.24 bits per heavy atom. The van der Waals surface area contributed by atoms with Gasteiger partial charge in [0.1, 0.15) is 18.7 Å². The van der Waals surface area contributed by atoms with Crippen molar-refractivity contribution in [2.75, 3.05) is 6.61 Å². The van der Waals surface area contributed by atoms with E-state index in [1.807, 2.05) is 31.7 Å². The second-order valence-electron chi connectivity index (χ2n) is 10.2. The van der Waals surface area contributed by atoms with Gasteiger partial charge < -0.3 is 19.7 Å². The van der Waals surface area contributed by atoms with Gasteiger partial charge in [0.25, 0.3) is 5.91 Å². The van der Waals surface area contributed by atoms with Crippen molar-refractivity contribution in [3.8, 4) is 0 Å². The average molecular weight is 510 g/mol. The number of amides is 1.